The van der Waals surface area contributed by atoms with Crippen molar-refractivity contribution in [2.24, 2.45) is 5.92 Å². The van der Waals surface area contributed by atoms with Crippen LogP contribution in [-0.4, -0.2) is 60.8 Å². The topological polar surface area (TPSA) is 78.9 Å². The highest BCUT2D eigenvalue weighted by Gasteiger charge is 2.44. The number of hydrogen-bond donors (Lipinski definition) is 2. The van der Waals surface area contributed by atoms with Crippen molar-refractivity contribution in [2.45, 2.75) is 37.7 Å². The van der Waals surface area contributed by atoms with Crippen LogP contribution >= 0.6 is 0 Å². The van der Waals surface area contributed by atoms with Crippen molar-refractivity contribution in [3.8, 4) is 0 Å². The number of piperidine rings is 1. The lowest BCUT2D eigenvalue weighted by Crippen LogP contribution is -2.54. The molecule has 0 bridgehead atoms. The second kappa shape index (κ2) is 8.18. The van der Waals surface area contributed by atoms with Crippen molar-refractivity contribution >= 4 is 11.9 Å². The molecule has 1 unspecified atom stereocenters. The van der Waals surface area contributed by atoms with E-state index < -0.39 is 11.6 Å². The van der Waals surface area contributed by atoms with E-state index in [2.05, 4.69) is 5.32 Å². The number of nitrogens with zero attached hydrogens (tertiary/aromatic N) is 1. The van der Waals surface area contributed by atoms with Gasteiger partial charge in [-0.3, -0.25) is 9.59 Å². The van der Waals surface area contributed by atoms with E-state index in [9.17, 15) is 9.59 Å². The predicted octanol–water partition coefficient (Wildman–Crippen LogP) is 1.47. The number of benzene rings is 1. The Bertz CT molecular complexity index is 638. The van der Waals surface area contributed by atoms with Gasteiger partial charge in [-0.2, -0.15) is 0 Å². The molecular weight excluding hydrogens is 332 g/mol. The summed E-state index contributed by atoms with van der Waals surface area (Å²) in [7, 11) is 1.65. The molecule has 142 valence electrons. The van der Waals surface area contributed by atoms with Crippen LogP contribution in [0, 0.1) is 5.92 Å². The maximum atomic E-state index is 13.0. The van der Waals surface area contributed by atoms with Crippen molar-refractivity contribution in [3.05, 3.63) is 35.4 Å². The molecule has 2 N–H and O–H groups in total. The van der Waals surface area contributed by atoms with Gasteiger partial charge in [0.15, 0.2) is 0 Å². The molecule has 6 nitrogen and oxygen atoms in total. The third-order valence-corrected chi connectivity index (χ3v) is 5.67. The molecule has 2 aliphatic heterocycles. The number of carboxylic acid groups (broad SMARTS) is 1. The number of carbonyl (C=O) groups excluding carboxylic acids is 1. The van der Waals surface area contributed by atoms with Gasteiger partial charge in [-0.15, -0.1) is 0 Å². The van der Waals surface area contributed by atoms with Crippen molar-refractivity contribution in [2.75, 3.05) is 33.3 Å². The summed E-state index contributed by atoms with van der Waals surface area (Å²) in [6, 6.07) is 7.78. The van der Waals surface area contributed by atoms with Gasteiger partial charge < -0.3 is 20.1 Å². The molecule has 0 aromatic heterocycles. The molecule has 1 atom stereocenters. The van der Waals surface area contributed by atoms with Crippen molar-refractivity contribution in [1.82, 2.24) is 10.2 Å². The van der Waals surface area contributed by atoms with Crippen molar-refractivity contribution in [1.29, 1.82) is 0 Å². The van der Waals surface area contributed by atoms with E-state index in [-0.39, 0.29) is 12.3 Å². The lowest BCUT2D eigenvalue weighted by atomic mass is 9.90. The Morgan fingerprint density at radius 1 is 1.23 bits per heavy atom. The Hall–Kier alpha value is -1.92. The molecule has 26 heavy (non-hydrogen) atoms. The molecule has 2 heterocycles. The fourth-order valence-electron chi connectivity index (χ4n) is 4.11. The largest absolute Gasteiger partial charge is 0.481 e. The molecule has 0 saturated carbocycles. The van der Waals surface area contributed by atoms with Gasteiger partial charge in [0.25, 0.3) is 5.91 Å². The number of ether oxygens (including phenoxy) is 1. The normalized spacial score (nSPS) is 22.3. The molecule has 0 spiro atoms. The van der Waals surface area contributed by atoms with Crippen LogP contribution in [0.4, 0.5) is 0 Å². The smallest absolute Gasteiger partial charge is 0.307 e. The second-order valence-corrected chi connectivity index (χ2v) is 7.45. The first-order chi connectivity index (χ1) is 12.5. The van der Waals surface area contributed by atoms with Gasteiger partial charge in [0.1, 0.15) is 5.60 Å². The molecule has 1 aromatic carbocycles. The summed E-state index contributed by atoms with van der Waals surface area (Å²) in [5.41, 5.74) is 1.36. The van der Waals surface area contributed by atoms with Crippen LogP contribution in [0.15, 0.2) is 24.3 Å². The van der Waals surface area contributed by atoms with E-state index in [1.54, 1.807) is 7.11 Å². The lowest BCUT2D eigenvalue weighted by molar-refractivity contribution is -0.157. The number of rotatable bonds is 6. The first-order valence-corrected chi connectivity index (χ1v) is 9.37. The number of likely N-dealkylation sites (tertiary alicyclic amines) is 1. The fraction of sp³-hybridized carbons (Fsp3) is 0.600. The molecule has 0 aliphatic carbocycles. The number of nitrogens with one attached hydrogen (secondary N) is 1. The molecule has 0 radical (unpaired) electrons. The second-order valence-electron chi connectivity index (χ2n) is 7.45. The Labute approximate surface area is 154 Å². The Morgan fingerprint density at radius 2 is 1.88 bits per heavy atom. The van der Waals surface area contributed by atoms with Crippen LogP contribution in [-0.2, 0) is 27.2 Å². The molecule has 2 aliphatic rings. The average Bonchev–Trinajstić information content (AvgIpc) is 3.11. The standard InChI is InChI=1S/C20H28N2O4/c1-26-20(7-9-21-10-8-20)19(25)22-11-6-17(14-22)12-15-2-4-16(5-3-15)13-18(23)24/h2-5,17,21H,6-14H2,1H3,(H,23,24). The molecule has 1 aromatic rings. The molecule has 1 amide bonds. The third kappa shape index (κ3) is 4.24. The minimum atomic E-state index is -0.812. The number of aliphatic carboxylic acids is 1. The van der Waals surface area contributed by atoms with E-state index in [4.69, 9.17) is 9.84 Å². The van der Waals surface area contributed by atoms with Gasteiger partial charge in [-0.05, 0) is 55.8 Å². The van der Waals surface area contributed by atoms with E-state index in [1.165, 1.54) is 5.56 Å². The van der Waals surface area contributed by atoms with E-state index >= 15 is 0 Å². The lowest BCUT2D eigenvalue weighted by Gasteiger charge is -2.37. The zero-order valence-electron chi connectivity index (χ0n) is 15.4. The van der Waals surface area contributed by atoms with Crippen LogP contribution in [0.25, 0.3) is 0 Å². The van der Waals surface area contributed by atoms with Gasteiger partial charge in [0.05, 0.1) is 6.42 Å². The first kappa shape index (κ1) is 18.9. The zero-order valence-corrected chi connectivity index (χ0v) is 15.4. The predicted molar refractivity (Wildman–Crippen MR) is 98.0 cm³/mol. The van der Waals surface area contributed by atoms with Gasteiger partial charge in [0.2, 0.25) is 0 Å². The van der Waals surface area contributed by atoms with Crippen LogP contribution in [0.1, 0.15) is 30.4 Å². The highest BCUT2D eigenvalue weighted by molar-refractivity contribution is 5.85. The van der Waals surface area contributed by atoms with Crippen LogP contribution in [0.5, 0.6) is 0 Å². The van der Waals surface area contributed by atoms with Crippen LogP contribution < -0.4 is 5.32 Å². The molecule has 6 heteroatoms. The Morgan fingerprint density at radius 3 is 2.50 bits per heavy atom. The van der Waals surface area contributed by atoms with E-state index in [1.807, 2.05) is 29.2 Å². The highest BCUT2D eigenvalue weighted by atomic mass is 16.5. The summed E-state index contributed by atoms with van der Waals surface area (Å²) < 4.78 is 5.67. The quantitative estimate of drug-likeness (QED) is 0.803. The monoisotopic (exact) mass is 360 g/mol. The molecule has 2 saturated heterocycles. The van der Waals surface area contributed by atoms with Gasteiger partial charge in [-0.25, -0.2) is 0 Å². The maximum absolute atomic E-state index is 13.0. The zero-order chi connectivity index (χ0) is 18.6. The van der Waals surface area contributed by atoms with Crippen molar-refractivity contribution < 1.29 is 19.4 Å². The Kier molecular flexibility index (Phi) is 5.94. The van der Waals surface area contributed by atoms with E-state index in [0.717, 1.165) is 57.4 Å². The average molecular weight is 360 g/mol. The Balaban J connectivity index is 1.56. The van der Waals surface area contributed by atoms with Crippen LogP contribution in [0.2, 0.25) is 0 Å². The number of hydrogen-bond acceptors (Lipinski definition) is 4. The number of amides is 1. The third-order valence-electron chi connectivity index (χ3n) is 5.67. The fourth-order valence-corrected chi connectivity index (χ4v) is 4.11. The van der Waals surface area contributed by atoms with Gasteiger partial charge in [-0.1, -0.05) is 24.3 Å². The number of methoxy groups -OCH3 is 1. The summed E-state index contributed by atoms with van der Waals surface area (Å²) in [5.74, 6) is -0.228. The minimum Gasteiger partial charge on any atom is -0.481 e. The van der Waals surface area contributed by atoms with Crippen molar-refractivity contribution in [3.63, 3.8) is 0 Å². The summed E-state index contributed by atoms with van der Waals surface area (Å²) in [5, 5.41) is 12.1. The van der Waals surface area contributed by atoms with E-state index in [0.29, 0.717) is 5.92 Å². The highest BCUT2D eigenvalue weighted by Crippen LogP contribution is 2.29. The summed E-state index contributed by atoms with van der Waals surface area (Å²) in [6.45, 7) is 3.20. The van der Waals surface area contributed by atoms with Gasteiger partial charge >= 0.3 is 5.97 Å². The molecule has 2 fully saturated rings. The number of carboxylic acids is 1. The van der Waals surface area contributed by atoms with Gasteiger partial charge in [0, 0.05) is 20.2 Å². The molecule has 3 rings (SSSR count). The SMILES string of the molecule is COC1(C(=O)N2CCC(Cc3ccc(CC(=O)O)cc3)C2)CCNCC1. The summed E-state index contributed by atoms with van der Waals surface area (Å²) >= 11 is 0. The summed E-state index contributed by atoms with van der Waals surface area (Å²) in [6.07, 6.45) is 3.43. The molecular formula is C20H28N2O4. The minimum absolute atomic E-state index is 0.0555. The number of carbonyl (C=O) groups is 2. The summed E-state index contributed by atoms with van der Waals surface area (Å²) in [4.78, 5) is 25.7. The maximum Gasteiger partial charge on any atom is 0.307 e. The first-order valence-electron chi connectivity index (χ1n) is 9.37. The van der Waals surface area contributed by atoms with Crippen LogP contribution in [0.3, 0.4) is 0 Å².